The number of aliphatic hydroxyl groups is 1. The van der Waals surface area contributed by atoms with Crippen molar-refractivity contribution in [2.45, 2.75) is 31.3 Å². The Morgan fingerprint density at radius 3 is 2.47 bits per heavy atom. The maximum atomic E-state index is 11.8. The summed E-state index contributed by atoms with van der Waals surface area (Å²) in [7, 11) is -3.50. The number of nitrogens with one attached hydrogen (secondary N) is 1. The number of benzene rings is 1. The molecule has 2 N–H and O–H groups in total. The van der Waals surface area contributed by atoms with E-state index < -0.39 is 15.6 Å². The monoisotopic (exact) mass is 281 g/mol. The largest absolute Gasteiger partial charge is 0.389 e. The van der Waals surface area contributed by atoms with Crippen molar-refractivity contribution in [1.82, 2.24) is 4.72 Å². The highest BCUT2D eigenvalue weighted by atomic mass is 32.2. The van der Waals surface area contributed by atoms with Gasteiger partial charge in [-0.3, -0.25) is 0 Å². The van der Waals surface area contributed by atoms with Crippen molar-refractivity contribution < 1.29 is 13.5 Å². The normalized spacial score (nSPS) is 19.0. The first kappa shape index (κ1) is 14.2. The zero-order chi connectivity index (χ0) is 13.8. The van der Waals surface area contributed by atoms with Gasteiger partial charge in [-0.25, -0.2) is 13.1 Å². The van der Waals surface area contributed by atoms with Gasteiger partial charge in [0.25, 0.3) is 0 Å². The highest BCUT2D eigenvalue weighted by Gasteiger charge is 2.31. The van der Waals surface area contributed by atoms with E-state index in [1.165, 1.54) is 0 Å². The second-order valence-electron chi connectivity index (χ2n) is 5.01. The SMILES string of the molecule is O=S(=O)(/C=C/c1ccccc1)NCC1(O)CCCC1. The van der Waals surface area contributed by atoms with Crippen molar-refractivity contribution in [2.75, 3.05) is 6.54 Å². The van der Waals surface area contributed by atoms with Crippen LogP contribution in [0.4, 0.5) is 0 Å². The zero-order valence-electron chi connectivity index (χ0n) is 10.7. The summed E-state index contributed by atoms with van der Waals surface area (Å²) in [6.07, 6.45) is 4.78. The van der Waals surface area contributed by atoms with Crippen molar-refractivity contribution in [1.29, 1.82) is 0 Å². The van der Waals surface area contributed by atoms with Gasteiger partial charge in [0, 0.05) is 12.0 Å². The molecule has 0 bridgehead atoms. The van der Waals surface area contributed by atoms with Crippen LogP contribution in [-0.4, -0.2) is 25.7 Å². The molecule has 0 radical (unpaired) electrons. The minimum absolute atomic E-state index is 0.0917. The average Bonchev–Trinajstić information content (AvgIpc) is 2.84. The molecule has 1 saturated carbocycles. The molecule has 19 heavy (non-hydrogen) atoms. The Hall–Kier alpha value is -1.17. The fourth-order valence-electron chi connectivity index (χ4n) is 2.23. The van der Waals surface area contributed by atoms with E-state index in [-0.39, 0.29) is 6.54 Å². The van der Waals surface area contributed by atoms with E-state index in [9.17, 15) is 13.5 Å². The van der Waals surface area contributed by atoms with Crippen molar-refractivity contribution >= 4 is 16.1 Å². The van der Waals surface area contributed by atoms with Crippen LogP contribution in [0, 0.1) is 0 Å². The molecule has 2 rings (SSSR count). The van der Waals surface area contributed by atoms with Gasteiger partial charge < -0.3 is 5.11 Å². The Morgan fingerprint density at radius 1 is 1.21 bits per heavy atom. The third kappa shape index (κ3) is 4.45. The summed E-state index contributed by atoms with van der Waals surface area (Å²) in [5.41, 5.74) is -0.0411. The fourth-order valence-corrected chi connectivity index (χ4v) is 3.13. The molecule has 0 heterocycles. The number of hydrogen-bond acceptors (Lipinski definition) is 3. The molecular weight excluding hydrogens is 262 g/mol. The zero-order valence-corrected chi connectivity index (χ0v) is 11.6. The summed E-state index contributed by atoms with van der Waals surface area (Å²) >= 11 is 0. The van der Waals surface area contributed by atoms with Crippen LogP contribution in [0.5, 0.6) is 0 Å². The molecular formula is C14H19NO3S. The Kier molecular flexibility index (Phi) is 4.39. The Morgan fingerprint density at radius 2 is 1.84 bits per heavy atom. The second kappa shape index (κ2) is 5.86. The second-order valence-corrected chi connectivity index (χ2v) is 6.66. The van der Waals surface area contributed by atoms with E-state index in [1.54, 1.807) is 6.08 Å². The Bertz CT molecular complexity index is 531. The maximum Gasteiger partial charge on any atom is 0.233 e. The minimum Gasteiger partial charge on any atom is -0.389 e. The molecule has 5 heteroatoms. The number of sulfonamides is 1. The molecule has 0 spiro atoms. The van der Waals surface area contributed by atoms with Gasteiger partial charge in [0.1, 0.15) is 0 Å². The molecule has 0 atom stereocenters. The van der Waals surface area contributed by atoms with Gasteiger partial charge >= 0.3 is 0 Å². The van der Waals surface area contributed by atoms with E-state index in [1.807, 2.05) is 30.3 Å². The lowest BCUT2D eigenvalue weighted by Gasteiger charge is -2.21. The summed E-state index contributed by atoms with van der Waals surface area (Å²) in [5, 5.41) is 11.2. The lowest BCUT2D eigenvalue weighted by atomic mass is 10.0. The van der Waals surface area contributed by atoms with Crippen LogP contribution in [0.25, 0.3) is 6.08 Å². The maximum absolute atomic E-state index is 11.8. The molecule has 0 amide bonds. The first-order valence-corrected chi connectivity index (χ1v) is 7.99. The van der Waals surface area contributed by atoms with Gasteiger partial charge in [-0.1, -0.05) is 43.2 Å². The molecule has 1 aromatic carbocycles. The van der Waals surface area contributed by atoms with Crippen LogP contribution in [0.15, 0.2) is 35.7 Å². The first-order valence-electron chi connectivity index (χ1n) is 6.44. The Labute approximate surface area is 114 Å². The van der Waals surface area contributed by atoms with Gasteiger partial charge in [0.05, 0.1) is 5.60 Å². The molecule has 1 aliphatic carbocycles. The lowest BCUT2D eigenvalue weighted by molar-refractivity contribution is 0.0532. The van der Waals surface area contributed by atoms with Gasteiger partial charge in [-0.05, 0) is 24.5 Å². The molecule has 0 unspecified atom stereocenters. The predicted molar refractivity (Wildman–Crippen MR) is 75.8 cm³/mol. The predicted octanol–water partition coefficient (Wildman–Crippen LogP) is 1.88. The molecule has 1 aromatic rings. The third-order valence-electron chi connectivity index (χ3n) is 3.38. The molecule has 4 nitrogen and oxygen atoms in total. The highest BCUT2D eigenvalue weighted by Crippen LogP contribution is 2.28. The van der Waals surface area contributed by atoms with E-state index in [0.717, 1.165) is 23.8 Å². The lowest BCUT2D eigenvalue weighted by Crippen LogP contribution is -2.40. The van der Waals surface area contributed by atoms with E-state index in [4.69, 9.17) is 0 Å². The minimum atomic E-state index is -3.50. The average molecular weight is 281 g/mol. The third-order valence-corrected chi connectivity index (χ3v) is 4.42. The first-order chi connectivity index (χ1) is 8.99. The quantitative estimate of drug-likeness (QED) is 0.866. The Balaban J connectivity index is 1.93. The number of rotatable bonds is 5. The van der Waals surface area contributed by atoms with Crippen LogP contribution < -0.4 is 4.72 Å². The van der Waals surface area contributed by atoms with Gasteiger partial charge in [0.15, 0.2) is 0 Å². The van der Waals surface area contributed by atoms with E-state index in [2.05, 4.69) is 4.72 Å². The van der Waals surface area contributed by atoms with Crippen LogP contribution in [-0.2, 0) is 10.0 Å². The van der Waals surface area contributed by atoms with E-state index in [0.29, 0.717) is 12.8 Å². The smallest absolute Gasteiger partial charge is 0.233 e. The fraction of sp³-hybridized carbons (Fsp3) is 0.429. The van der Waals surface area contributed by atoms with Gasteiger partial charge in [0.2, 0.25) is 10.0 Å². The summed E-state index contributed by atoms with van der Waals surface area (Å²) in [6, 6.07) is 9.23. The van der Waals surface area contributed by atoms with Crippen LogP contribution in [0.2, 0.25) is 0 Å². The van der Waals surface area contributed by atoms with Crippen molar-refractivity contribution in [3.05, 3.63) is 41.3 Å². The molecule has 104 valence electrons. The molecule has 0 saturated heterocycles. The van der Waals surface area contributed by atoms with Gasteiger partial charge in [-0.15, -0.1) is 0 Å². The number of hydrogen-bond donors (Lipinski definition) is 2. The van der Waals surface area contributed by atoms with E-state index >= 15 is 0 Å². The van der Waals surface area contributed by atoms with Crippen LogP contribution in [0.3, 0.4) is 0 Å². The molecule has 1 aliphatic rings. The summed E-state index contributed by atoms with van der Waals surface area (Å²) in [6.45, 7) is 0.0917. The molecule has 0 aliphatic heterocycles. The molecule has 0 aromatic heterocycles. The van der Waals surface area contributed by atoms with Gasteiger partial charge in [-0.2, -0.15) is 0 Å². The molecule has 1 fully saturated rings. The summed E-state index contributed by atoms with van der Waals surface area (Å²) in [5.74, 6) is 0. The van der Waals surface area contributed by atoms with Crippen molar-refractivity contribution in [2.24, 2.45) is 0 Å². The highest BCUT2D eigenvalue weighted by molar-refractivity contribution is 7.92. The van der Waals surface area contributed by atoms with Crippen LogP contribution >= 0.6 is 0 Å². The summed E-state index contributed by atoms with van der Waals surface area (Å²) < 4.78 is 26.0. The van der Waals surface area contributed by atoms with Crippen LogP contribution in [0.1, 0.15) is 31.2 Å². The summed E-state index contributed by atoms with van der Waals surface area (Å²) in [4.78, 5) is 0. The standard InChI is InChI=1S/C14H19NO3S/c16-14(9-4-5-10-14)12-15-19(17,18)11-8-13-6-2-1-3-7-13/h1-3,6-8,11,15-16H,4-5,9-10,12H2/b11-8+. The van der Waals surface area contributed by atoms with Crippen molar-refractivity contribution in [3.8, 4) is 0 Å². The topological polar surface area (TPSA) is 66.4 Å². The van der Waals surface area contributed by atoms with Crippen molar-refractivity contribution in [3.63, 3.8) is 0 Å².